The Morgan fingerprint density at radius 3 is 2.54 bits per heavy atom. The second-order valence-electron chi connectivity index (χ2n) is 15.9. The average Bonchev–Trinajstić information content (AvgIpc) is 3.55. The highest BCUT2D eigenvalue weighted by atomic mass is 19.3. The second-order valence-corrected chi connectivity index (χ2v) is 15.9. The predicted octanol–water partition coefficient (Wildman–Crippen LogP) is 3.53. The minimum absolute atomic E-state index is 0.00138. The zero-order valence-corrected chi connectivity index (χ0v) is 30.1. The van der Waals surface area contributed by atoms with E-state index in [1.54, 1.807) is 19.2 Å². The lowest BCUT2D eigenvalue weighted by molar-refractivity contribution is -0.134. The van der Waals surface area contributed by atoms with Crippen molar-refractivity contribution >= 4 is 40.2 Å². The molecule has 54 heavy (non-hydrogen) atoms. The summed E-state index contributed by atoms with van der Waals surface area (Å²) in [5.74, 6) is -4.02. The summed E-state index contributed by atoms with van der Waals surface area (Å²) in [5.41, 5.74) is 4.73. The van der Waals surface area contributed by atoms with Gasteiger partial charge in [-0.3, -0.25) is 34.5 Å². The largest absolute Gasteiger partial charge is 0.370 e. The lowest BCUT2D eigenvalue weighted by atomic mass is 9.87. The van der Waals surface area contributed by atoms with Crippen molar-refractivity contribution in [3.63, 3.8) is 0 Å². The summed E-state index contributed by atoms with van der Waals surface area (Å²) < 4.78 is 29.0. The van der Waals surface area contributed by atoms with Crippen LogP contribution in [0.15, 0.2) is 42.6 Å². The van der Waals surface area contributed by atoms with Crippen molar-refractivity contribution in [3.05, 3.63) is 65.1 Å². The van der Waals surface area contributed by atoms with Crippen LogP contribution in [0.2, 0.25) is 0 Å². The molecule has 0 radical (unpaired) electrons. The van der Waals surface area contributed by atoms with Crippen molar-refractivity contribution in [2.45, 2.75) is 57.4 Å². The summed E-state index contributed by atoms with van der Waals surface area (Å²) in [6.45, 7) is 7.36. The standard InChI is InChI=1S/C39H43F2N9O4/c1-38-19-31-26(18-32(38)39(38,40)41)34(47-46-31)30-16-23-2-3-24(17-29(23)43-30)37(54)50-14-12-48(13-15-50)21-22-8-10-49(11-9-22)25-4-5-27(42-20-25)35(52)44-28-6-7-33(51)45-36(28)53/h2-5,16-17,20,22,28,32,43H,6-15,18-19,21H2,1H3,(H,44,52)(H,46,47)(H,45,51,53)/t28-,32-,38+/m0/s1. The fraction of sp³-hybridized carbons (Fsp3) is 0.487. The average molecular weight is 740 g/mol. The summed E-state index contributed by atoms with van der Waals surface area (Å²) in [4.78, 5) is 64.0. The van der Waals surface area contributed by atoms with Gasteiger partial charge < -0.3 is 20.1 Å². The van der Waals surface area contributed by atoms with Crippen LogP contribution < -0.4 is 15.5 Å². The van der Waals surface area contributed by atoms with Gasteiger partial charge in [0.25, 0.3) is 17.7 Å². The summed E-state index contributed by atoms with van der Waals surface area (Å²) in [7, 11) is 0. The highest BCUT2D eigenvalue weighted by Gasteiger charge is 2.78. The number of rotatable bonds is 7. The number of carbonyl (C=O) groups is 4. The molecule has 4 amide bonds. The van der Waals surface area contributed by atoms with E-state index in [9.17, 15) is 28.0 Å². The quantitative estimate of drug-likeness (QED) is 0.210. The van der Waals surface area contributed by atoms with E-state index >= 15 is 0 Å². The van der Waals surface area contributed by atoms with Gasteiger partial charge in [-0.1, -0.05) is 13.0 Å². The summed E-state index contributed by atoms with van der Waals surface area (Å²) >= 11 is 0. The Morgan fingerprint density at radius 2 is 1.80 bits per heavy atom. The number of amides is 4. The number of piperazine rings is 1. The van der Waals surface area contributed by atoms with Crippen LogP contribution in [0.3, 0.4) is 0 Å². The molecule has 1 saturated carbocycles. The number of pyridine rings is 1. The molecule has 4 fully saturated rings. The van der Waals surface area contributed by atoms with Crippen LogP contribution in [0, 0.1) is 17.3 Å². The number of aromatic nitrogens is 4. The predicted molar refractivity (Wildman–Crippen MR) is 195 cm³/mol. The monoisotopic (exact) mass is 739 g/mol. The fourth-order valence-corrected chi connectivity index (χ4v) is 9.04. The molecule has 3 atom stereocenters. The van der Waals surface area contributed by atoms with Crippen LogP contribution in [0.5, 0.6) is 0 Å². The number of benzene rings is 1. The van der Waals surface area contributed by atoms with E-state index in [1.807, 2.05) is 35.2 Å². The van der Waals surface area contributed by atoms with Crippen molar-refractivity contribution in [2.24, 2.45) is 17.3 Å². The molecule has 13 nitrogen and oxygen atoms in total. The van der Waals surface area contributed by atoms with Crippen LogP contribution in [0.4, 0.5) is 14.5 Å². The van der Waals surface area contributed by atoms with Crippen LogP contribution in [-0.4, -0.2) is 111 Å². The number of hydrogen-bond donors (Lipinski definition) is 4. The van der Waals surface area contributed by atoms with E-state index in [0.717, 1.165) is 79.1 Å². The Hall–Kier alpha value is -5.18. The summed E-state index contributed by atoms with van der Waals surface area (Å²) in [5, 5.41) is 13.4. The van der Waals surface area contributed by atoms with Crippen LogP contribution in [-0.2, 0) is 22.4 Å². The van der Waals surface area contributed by atoms with Gasteiger partial charge in [0.15, 0.2) is 0 Å². The van der Waals surface area contributed by atoms with E-state index in [-0.39, 0.29) is 30.3 Å². The first-order valence-electron chi connectivity index (χ1n) is 18.9. The number of fused-ring (bicyclic) bond motifs is 3. The third-order valence-electron chi connectivity index (χ3n) is 12.6. The van der Waals surface area contributed by atoms with Gasteiger partial charge >= 0.3 is 0 Å². The zero-order chi connectivity index (χ0) is 37.4. The maximum absolute atomic E-state index is 14.5. The number of piperidine rings is 2. The number of alkyl halides is 2. The SMILES string of the molecule is C[C@@]12Cc3[nH]nc(-c4cc5ccc(C(=O)N6CCN(CC7CCN(c8ccc(C(=O)N[C@H]9CCC(=O)NC9=O)nc8)CC7)CC6)cc5[nH]4)c3C[C@@H]1C2(F)F. The molecule has 15 heteroatoms. The van der Waals surface area contributed by atoms with Gasteiger partial charge in [0, 0.05) is 97.7 Å². The Balaban J connectivity index is 0.746. The van der Waals surface area contributed by atoms with E-state index in [0.29, 0.717) is 43.1 Å². The normalized spacial score (nSPS) is 25.6. The molecule has 4 N–H and O–H groups in total. The summed E-state index contributed by atoms with van der Waals surface area (Å²) in [6, 6.07) is 10.5. The highest BCUT2D eigenvalue weighted by molar-refractivity contribution is 6.03. The summed E-state index contributed by atoms with van der Waals surface area (Å²) in [6.07, 6.45) is 4.83. The molecule has 0 unspecified atom stereocenters. The topological polar surface area (TPSA) is 159 Å². The van der Waals surface area contributed by atoms with E-state index in [2.05, 4.69) is 40.6 Å². The third kappa shape index (κ3) is 6.02. The number of carbonyl (C=O) groups excluding carboxylic acids is 4. The van der Waals surface area contributed by atoms with Crippen molar-refractivity contribution in [1.29, 1.82) is 0 Å². The van der Waals surface area contributed by atoms with E-state index < -0.39 is 35.1 Å². The first kappa shape index (κ1) is 34.6. The fourth-order valence-electron chi connectivity index (χ4n) is 9.04. The molecule has 3 aromatic heterocycles. The molecule has 0 bridgehead atoms. The molecule has 282 valence electrons. The molecule has 3 saturated heterocycles. The van der Waals surface area contributed by atoms with Crippen molar-refractivity contribution < 1.29 is 28.0 Å². The maximum Gasteiger partial charge on any atom is 0.270 e. The van der Waals surface area contributed by atoms with E-state index in [4.69, 9.17) is 0 Å². The Kier molecular flexibility index (Phi) is 8.32. The first-order valence-corrected chi connectivity index (χ1v) is 18.9. The van der Waals surface area contributed by atoms with Gasteiger partial charge in [-0.05, 0) is 61.9 Å². The molecule has 4 aromatic rings. The highest BCUT2D eigenvalue weighted by Crippen LogP contribution is 2.70. The van der Waals surface area contributed by atoms with Crippen LogP contribution in [0.1, 0.15) is 64.7 Å². The molecule has 9 rings (SSSR count). The second kappa shape index (κ2) is 13.0. The zero-order valence-electron chi connectivity index (χ0n) is 30.1. The number of anilines is 1. The molecular weight excluding hydrogens is 696 g/mol. The number of H-pyrrole nitrogens is 2. The minimum Gasteiger partial charge on any atom is -0.370 e. The molecular formula is C39H43F2N9O4. The molecule has 5 aliphatic rings. The molecule has 0 spiro atoms. The maximum atomic E-state index is 14.5. The number of nitrogens with zero attached hydrogens (tertiary/aromatic N) is 5. The van der Waals surface area contributed by atoms with E-state index in [1.165, 1.54) is 0 Å². The Labute approximate surface area is 310 Å². The molecule has 3 aliphatic heterocycles. The van der Waals surface area contributed by atoms with Gasteiger partial charge in [-0.15, -0.1) is 0 Å². The number of halogens is 2. The van der Waals surface area contributed by atoms with Crippen LogP contribution in [0.25, 0.3) is 22.3 Å². The minimum atomic E-state index is -2.65. The van der Waals surface area contributed by atoms with Crippen molar-refractivity contribution in [3.8, 4) is 11.4 Å². The van der Waals surface area contributed by atoms with Gasteiger partial charge in [0.1, 0.15) is 17.4 Å². The molecule has 2 aliphatic carbocycles. The first-order chi connectivity index (χ1) is 26.0. The molecule has 1 aromatic carbocycles. The molecule has 6 heterocycles. The van der Waals surface area contributed by atoms with Crippen molar-refractivity contribution in [1.82, 2.24) is 40.6 Å². The van der Waals surface area contributed by atoms with Gasteiger partial charge in [0.2, 0.25) is 11.8 Å². The number of nitrogens with one attached hydrogen (secondary N) is 4. The smallest absolute Gasteiger partial charge is 0.270 e. The lowest BCUT2D eigenvalue weighted by Crippen LogP contribution is -2.52. The van der Waals surface area contributed by atoms with Gasteiger partial charge in [-0.2, -0.15) is 5.10 Å². The Bertz CT molecular complexity index is 2150. The number of hydrogen-bond acceptors (Lipinski definition) is 8. The number of aromatic amines is 2. The number of imide groups is 1. The van der Waals surface area contributed by atoms with Gasteiger partial charge in [0.05, 0.1) is 17.6 Å². The third-order valence-corrected chi connectivity index (χ3v) is 12.6. The van der Waals surface area contributed by atoms with Gasteiger partial charge in [-0.25, -0.2) is 13.8 Å². The lowest BCUT2D eigenvalue weighted by Gasteiger charge is -2.39. The van der Waals surface area contributed by atoms with Crippen molar-refractivity contribution in [2.75, 3.05) is 50.7 Å². The van der Waals surface area contributed by atoms with Crippen LogP contribution >= 0.6 is 0 Å². The Morgan fingerprint density at radius 1 is 1.00 bits per heavy atom.